The third-order valence-corrected chi connectivity index (χ3v) is 4.07. The van der Waals surface area contributed by atoms with Crippen molar-refractivity contribution in [2.45, 2.75) is 37.7 Å². The number of aryl methyl sites for hydroxylation is 1. The molecule has 2 rings (SSSR count). The van der Waals surface area contributed by atoms with Crippen molar-refractivity contribution in [1.29, 1.82) is 0 Å². The molecule has 0 radical (unpaired) electrons. The highest BCUT2D eigenvalue weighted by Gasteiger charge is 2.24. The lowest BCUT2D eigenvalue weighted by molar-refractivity contribution is 0.206. The Balaban J connectivity index is 2.36. The average molecular weight is 238 g/mol. The number of rotatable bonds is 2. The van der Waals surface area contributed by atoms with Gasteiger partial charge in [-0.05, 0) is 25.0 Å². The second-order valence-electron chi connectivity index (χ2n) is 4.19. The molecular weight excluding hydrogens is 220 g/mol. The summed E-state index contributed by atoms with van der Waals surface area (Å²) in [6.45, 7) is 4.13. The quantitative estimate of drug-likeness (QED) is 0.778. The van der Waals surface area contributed by atoms with Gasteiger partial charge >= 0.3 is 0 Å². The van der Waals surface area contributed by atoms with Crippen LogP contribution in [0.3, 0.4) is 0 Å². The summed E-state index contributed by atoms with van der Waals surface area (Å²) in [4.78, 5) is 1.01. The topological polar surface area (TPSA) is 61.3 Å². The zero-order chi connectivity index (χ0) is 11.7. The monoisotopic (exact) mass is 238 g/mol. The maximum absolute atomic E-state index is 6.04. The van der Waals surface area contributed by atoms with E-state index in [9.17, 15) is 0 Å². The molecular formula is C12H18N2OS. The average Bonchev–Trinajstić information content (AvgIpc) is 2.26. The lowest BCUT2D eigenvalue weighted by Gasteiger charge is -2.28. The lowest BCUT2D eigenvalue weighted by Crippen LogP contribution is -2.24. The normalized spacial score (nSPS) is 19.0. The van der Waals surface area contributed by atoms with Crippen molar-refractivity contribution < 1.29 is 4.74 Å². The highest BCUT2D eigenvalue weighted by molar-refractivity contribution is 7.99. The van der Waals surface area contributed by atoms with Gasteiger partial charge in [0.2, 0.25) is 0 Å². The summed E-state index contributed by atoms with van der Waals surface area (Å²) in [5.74, 6) is 1.76. The fraction of sp³-hybridized carbons (Fsp3) is 0.500. The summed E-state index contributed by atoms with van der Waals surface area (Å²) in [5.41, 5.74) is 14.5. The van der Waals surface area contributed by atoms with Crippen LogP contribution in [0.5, 0.6) is 5.75 Å². The molecule has 3 nitrogen and oxygen atoms in total. The molecule has 0 aromatic heterocycles. The van der Waals surface area contributed by atoms with Gasteiger partial charge in [-0.1, -0.05) is 13.3 Å². The Bertz CT molecular complexity index is 406. The fourth-order valence-electron chi connectivity index (χ4n) is 1.92. The Kier molecular flexibility index (Phi) is 3.19. The highest BCUT2D eigenvalue weighted by atomic mass is 32.2. The van der Waals surface area contributed by atoms with Crippen molar-refractivity contribution in [3.8, 4) is 5.75 Å². The largest absolute Gasteiger partial charge is 0.486 e. The minimum atomic E-state index is 0.269. The Morgan fingerprint density at radius 2 is 2.25 bits per heavy atom. The number of benzene rings is 1. The molecule has 88 valence electrons. The maximum atomic E-state index is 6.04. The SMILES string of the molecule is CCCC1CSc2c(N)cc(C)c(N)c2O1. The van der Waals surface area contributed by atoms with Gasteiger partial charge in [0.05, 0.1) is 10.6 Å². The molecule has 1 aromatic rings. The number of anilines is 2. The van der Waals surface area contributed by atoms with E-state index < -0.39 is 0 Å². The zero-order valence-corrected chi connectivity index (χ0v) is 10.6. The minimum absolute atomic E-state index is 0.269. The summed E-state index contributed by atoms with van der Waals surface area (Å²) in [6.07, 6.45) is 2.47. The first kappa shape index (κ1) is 11.5. The molecule has 0 aliphatic carbocycles. The summed E-state index contributed by atoms with van der Waals surface area (Å²) < 4.78 is 5.94. The van der Waals surface area contributed by atoms with Crippen molar-refractivity contribution >= 4 is 23.1 Å². The third kappa shape index (κ3) is 1.94. The van der Waals surface area contributed by atoms with Crippen molar-refractivity contribution in [3.05, 3.63) is 11.6 Å². The van der Waals surface area contributed by atoms with Crippen LogP contribution in [0.2, 0.25) is 0 Å². The molecule has 0 saturated carbocycles. The van der Waals surface area contributed by atoms with Crippen LogP contribution in [0, 0.1) is 6.92 Å². The zero-order valence-electron chi connectivity index (χ0n) is 9.75. The standard InChI is InChI=1S/C12H18N2OS/c1-3-4-8-6-16-12-9(13)5-7(2)10(14)11(12)15-8/h5,8H,3-4,6,13-14H2,1-2H3. The van der Waals surface area contributed by atoms with Crippen molar-refractivity contribution in [2.24, 2.45) is 0 Å². The van der Waals surface area contributed by atoms with E-state index in [0.717, 1.165) is 46.2 Å². The van der Waals surface area contributed by atoms with Crippen molar-refractivity contribution in [2.75, 3.05) is 17.2 Å². The van der Waals surface area contributed by atoms with Crippen LogP contribution in [-0.2, 0) is 0 Å². The number of thioether (sulfide) groups is 1. The molecule has 4 N–H and O–H groups in total. The Labute approximate surface area is 101 Å². The molecule has 1 heterocycles. The number of hydrogen-bond acceptors (Lipinski definition) is 4. The maximum Gasteiger partial charge on any atom is 0.158 e. The van der Waals surface area contributed by atoms with Crippen LogP contribution >= 0.6 is 11.8 Å². The van der Waals surface area contributed by atoms with E-state index in [1.165, 1.54) is 0 Å². The molecule has 1 atom stereocenters. The Hall–Kier alpha value is -1.03. The smallest absolute Gasteiger partial charge is 0.158 e. The predicted octanol–water partition coefficient (Wildman–Crippen LogP) is 2.81. The van der Waals surface area contributed by atoms with Crippen LogP contribution in [0.15, 0.2) is 11.0 Å². The lowest BCUT2D eigenvalue weighted by atomic mass is 10.1. The third-order valence-electron chi connectivity index (χ3n) is 2.82. The molecule has 1 aromatic carbocycles. The molecule has 0 spiro atoms. The van der Waals surface area contributed by atoms with Crippen molar-refractivity contribution in [1.82, 2.24) is 0 Å². The number of fused-ring (bicyclic) bond motifs is 1. The molecule has 4 heteroatoms. The van der Waals surface area contributed by atoms with E-state index in [-0.39, 0.29) is 6.10 Å². The van der Waals surface area contributed by atoms with E-state index in [2.05, 4.69) is 6.92 Å². The summed E-state index contributed by atoms with van der Waals surface area (Å²) in [5, 5.41) is 0. The van der Waals surface area contributed by atoms with Gasteiger partial charge in [0.15, 0.2) is 5.75 Å². The van der Waals surface area contributed by atoms with Crippen LogP contribution in [0.25, 0.3) is 0 Å². The highest BCUT2D eigenvalue weighted by Crippen LogP contribution is 2.45. The van der Waals surface area contributed by atoms with E-state index in [0.29, 0.717) is 0 Å². The van der Waals surface area contributed by atoms with Gasteiger partial charge in [0.1, 0.15) is 6.10 Å². The van der Waals surface area contributed by atoms with Gasteiger partial charge in [-0.15, -0.1) is 11.8 Å². The second-order valence-corrected chi connectivity index (χ2v) is 5.22. The Morgan fingerprint density at radius 1 is 1.50 bits per heavy atom. The van der Waals surface area contributed by atoms with Gasteiger partial charge in [-0.3, -0.25) is 0 Å². The van der Waals surface area contributed by atoms with Crippen molar-refractivity contribution in [3.63, 3.8) is 0 Å². The number of ether oxygens (including phenoxy) is 1. The first-order chi connectivity index (χ1) is 7.63. The Morgan fingerprint density at radius 3 is 2.94 bits per heavy atom. The van der Waals surface area contributed by atoms with Gasteiger partial charge < -0.3 is 16.2 Å². The molecule has 16 heavy (non-hydrogen) atoms. The molecule has 1 unspecified atom stereocenters. The van der Waals surface area contributed by atoms with E-state index in [1.807, 2.05) is 13.0 Å². The van der Waals surface area contributed by atoms with E-state index in [4.69, 9.17) is 16.2 Å². The van der Waals surface area contributed by atoms with Crippen LogP contribution in [-0.4, -0.2) is 11.9 Å². The molecule has 1 aliphatic rings. The summed E-state index contributed by atoms with van der Waals surface area (Å²) in [6, 6.07) is 1.92. The van der Waals surface area contributed by atoms with Gasteiger partial charge in [-0.25, -0.2) is 0 Å². The first-order valence-electron chi connectivity index (χ1n) is 5.61. The molecule has 0 amide bonds. The number of hydrogen-bond donors (Lipinski definition) is 2. The molecule has 0 bridgehead atoms. The fourth-order valence-corrected chi connectivity index (χ4v) is 3.02. The van der Waals surface area contributed by atoms with Crippen LogP contribution < -0.4 is 16.2 Å². The molecule has 1 aliphatic heterocycles. The van der Waals surface area contributed by atoms with Crippen LogP contribution in [0.4, 0.5) is 11.4 Å². The molecule has 0 fully saturated rings. The van der Waals surface area contributed by atoms with E-state index in [1.54, 1.807) is 11.8 Å². The number of nitrogens with two attached hydrogens (primary N) is 2. The van der Waals surface area contributed by atoms with Gasteiger partial charge in [0, 0.05) is 11.4 Å². The minimum Gasteiger partial charge on any atom is -0.486 e. The first-order valence-corrected chi connectivity index (χ1v) is 6.60. The summed E-state index contributed by atoms with van der Waals surface area (Å²) >= 11 is 1.76. The second kappa shape index (κ2) is 4.45. The number of nitrogen functional groups attached to an aromatic ring is 2. The summed E-state index contributed by atoms with van der Waals surface area (Å²) in [7, 11) is 0. The van der Waals surface area contributed by atoms with Gasteiger partial charge in [0.25, 0.3) is 0 Å². The van der Waals surface area contributed by atoms with Crippen LogP contribution in [0.1, 0.15) is 25.3 Å². The predicted molar refractivity (Wildman–Crippen MR) is 70.1 cm³/mol. The molecule has 0 saturated heterocycles. The van der Waals surface area contributed by atoms with Gasteiger partial charge in [-0.2, -0.15) is 0 Å². The van der Waals surface area contributed by atoms with E-state index >= 15 is 0 Å².